The van der Waals surface area contributed by atoms with Crippen LogP contribution in [0.3, 0.4) is 0 Å². The second-order valence-electron chi connectivity index (χ2n) is 5.19. The maximum atomic E-state index is 14.7. The van der Waals surface area contributed by atoms with Crippen LogP contribution in [0.5, 0.6) is 0 Å². The van der Waals surface area contributed by atoms with Crippen LogP contribution in [0, 0.1) is 5.41 Å². The van der Waals surface area contributed by atoms with Crippen molar-refractivity contribution in [2.45, 2.75) is 32.9 Å². The summed E-state index contributed by atoms with van der Waals surface area (Å²) in [6.45, 7) is 5.70. The van der Waals surface area contributed by atoms with Gasteiger partial charge in [-0.25, -0.2) is 4.39 Å². The maximum absolute atomic E-state index is 14.7. The van der Waals surface area contributed by atoms with E-state index >= 15 is 0 Å². The van der Waals surface area contributed by atoms with Crippen LogP contribution in [-0.4, -0.2) is 12.2 Å². The Labute approximate surface area is 105 Å². The summed E-state index contributed by atoms with van der Waals surface area (Å²) in [4.78, 5) is 0. The molecule has 0 fully saturated rings. The number of rotatable bonds is 3. The smallest absolute Gasteiger partial charge is 0.132 e. The molecule has 0 radical (unpaired) electrons. The summed E-state index contributed by atoms with van der Waals surface area (Å²) in [5, 5.41) is 0. The molecule has 16 heavy (non-hydrogen) atoms. The molecule has 1 aromatic carbocycles. The number of benzene rings is 1. The molecule has 3 heteroatoms. The highest BCUT2D eigenvalue weighted by molar-refractivity contribution is 9.10. The van der Waals surface area contributed by atoms with Gasteiger partial charge in [0, 0.05) is 17.4 Å². The molecule has 1 rings (SSSR count). The molecule has 0 spiro atoms. The van der Waals surface area contributed by atoms with Gasteiger partial charge in [-0.05, 0) is 17.0 Å². The van der Waals surface area contributed by atoms with E-state index in [0.29, 0.717) is 6.42 Å². The van der Waals surface area contributed by atoms with Crippen LogP contribution in [0.4, 0.5) is 4.39 Å². The lowest BCUT2D eigenvalue weighted by molar-refractivity contribution is 0.0381. The quantitative estimate of drug-likeness (QED) is 0.901. The summed E-state index contributed by atoms with van der Waals surface area (Å²) in [6.07, 6.45) is 0.342. The second kappa shape index (κ2) is 4.84. The number of halogens is 2. The van der Waals surface area contributed by atoms with Crippen molar-refractivity contribution in [2.24, 2.45) is 11.1 Å². The van der Waals surface area contributed by atoms with Crippen LogP contribution in [-0.2, 0) is 6.42 Å². The Morgan fingerprint density at radius 2 is 1.81 bits per heavy atom. The van der Waals surface area contributed by atoms with Gasteiger partial charge in [-0.3, -0.25) is 0 Å². The average Bonchev–Trinajstić information content (AvgIpc) is 2.19. The zero-order valence-corrected chi connectivity index (χ0v) is 11.6. The summed E-state index contributed by atoms with van der Waals surface area (Å²) in [5.74, 6) is 0. The van der Waals surface area contributed by atoms with E-state index in [4.69, 9.17) is 5.73 Å². The van der Waals surface area contributed by atoms with E-state index in [9.17, 15) is 4.39 Å². The minimum absolute atomic E-state index is 0.0395. The molecule has 0 amide bonds. The third-order valence-electron chi connectivity index (χ3n) is 3.10. The van der Waals surface area contributed by atoms with E-state index in [1.54, 1.807) is 0 Å². The van der Waals surface area contributed by atoms with Crippen molar-refractivity contribution in [2.75, 3.05) is 6.54 Å². The first-order chi connectivity index (χ1) is 7.30. The number of nitrogens with two attached hydrogens (primary N) is 1. The Morgan fingerprint density at radius 1 is 1.25 bits per heavy atom. The Morgan fingerprint density at radius 3 is 2.25 bits per heavy atom. The first-order valence-electron chi connectivity index (χ1n) is 5.42. The average molecular weight is 288 g/mol. The fourth-order valence-corrected chi connectivity index (χ4v) is 2.01. The Hall–Kier alpha value is -0.410. The van der Waals surface area contributed by atoms with E-state index in [1.165, 1.54) is 0 Å². The fourth-order valence-electron chi connectivity index (χ4n) is 1.59. The van der Waals surface area contributed by atoms with Gasteiger partial charge >= 0.3 is 0 Å². The van der Waals surface area contributed by atoms with Crippen LogP contribution in [0.15, 0.2) is 28.7 Å². The monoisotopic (exact) mass is 287 g/mol. The molecule has 0 bridgehead atoms. The topological polar surface area (TPSA) is 26.0 Å². The Kier molecular flexibility index (Phi) is 4.13. The van der Waals surface area contributed by atoms with Gasteiger partial charge in [0.25, 0.3) is 0 Å². The largest absolute Gasteiger partial charge is 0.327 e. The van der Waals surface area contributed by atoms with Gasteiger partial charge < -0.3 is 5.73 Å². The zero-order valence-electron chi connectivity index (χ0n) is 10.1. The van der Waals surface area contributed by atoms with Crippen LogP contribution in [0.1, 0.15) is 26.3 Å². The van der Waals surface area contributed by atoms with Gasteiger partial charge in [0.15, 0.2) is 0 Å². The molecule has 2 N–H and O–H groups in total. The van der Waals surface area contributed by atoms with E-state index in [1.807, 2.05) is 45.0 Å². The molecule has 90 valence electrons. The standard InChI is InChI=1S/C13H19BrFN/c1-12(2,3)13(15,9-16)8-10-6-4-5-7-11(10)14/h4-7H,8-9,16H2,1-3H3. The zero-order chi connectivity index (χ0) is 12.4. The van der Waals surface area contributed by atoms with Gasteiger partial charge in [0.1, 0.15) is 5.67 Å². The lowest BCUT2D eigenvalue weighted by atomic mass is 9.74. The number of hydrogen-bond acceptors (Lipinski definition) is 1. The van der Waals surface area contributed by atoms with Crippen LogP contribution in [0.2, 0.25) is 0 Å². The SMILES string of the molecule is CC(C)(C)C(F)(CN)Cc1ccccc1Br. The lowest BCUT2D eigenvalue weighted by Gasteiger charge is -2.37. The highest BCUT2D eigenvalue weighted by Gasteiger charge is 2.41. The van der Waals surface area contributed by atoms with Gasteiger partial charge in [-0.15, -0.1) is 0 Å². The molecule has 0 aliphatic rings. The molecule has 1 atom stereocenters. The Balaban J connectivity index is 2.99. The molecule has 1 unspecified atom stereocenters. The summed E-state index contributed by atoms with van der Waals surface area (Å²) >= 11 is 3.44. The van der Waals surface area contributed by atoms with Crippen molar-refractivity contribution in [3.63, 3.8) is 0 Å². The van der Waals surface area contributed by atoms with Crippen molar-refractivity contribution in [1.29, 1.82) is 0 Å². The normalized spacial score (nSPS) is 15.9. The first kappa shape index (κ1) is 13.7. The predicted molar refractivity (Wildman–Crippen MR) is 70.2 cm³/mol. The third-order valence-corrected chi connectivity index (χ3v) is 3.87. The second-order valence-corrected chi connectivity index (χ2v) is 6.04. The van der Waals surface area contributed by atoms with Crippen molar-refractivity contribution in [3.05, 3.63) is 34.3 Å². The maximum Gasteiger partial charge on any atom is 0.132 e. The summed E-state index contributed by atoms with van der Waals surface area (Å²) in [5.41, 5.74) is 4.72. The van der Waals surface area contributed by atoms with E-state index in [-0.39, 0.29) is 6.54 Å². The summed E-state index contributed by atoms with van der Waals surface area (Å²) < 4.78 is 15.7. The molecule has 1 aromatic rings. The molecular formula is C13H19BrFN. The molecule has 0 saturated heterocycles. The fraction of sp³-hybridized carbons (Fsp3) is 0.538. The molecule has 0 saturated carbocycles. The predicted octanol–water partition coefficient (Wildman–Crippen LogP) is 3.70. The van der Waals surface area contributed by atoms with Crippen LogP contribution >= 0.6 is 15.9 Å². The highest BCUT2D eigenvalue weighted by Crippen LogP contribution is 2.37. The summed E-state index contributed by atoms with van der Waals surface area (Å²) in [6, 6.07) is 7.70. The minimum atomic E-state index is -1.38. The first-order valence-corrected chi connectivity index (χ1v) is 6.22. The molecule has 0 aliphatic heterocycles. The lowest BCUT2D eigenvalue weighted by Crippen LogP contribution is -2.47. The van der Waals surface area contributed by atoms with Crippen molar-refractivity contribution >= 4 is 15.9 Å². The van der Waals surface area contributed by atoms with Gasteiger partial charge in [0.2, 0.25) is 0 Å². The number of alkyl halides is 1. The van der Waals surface area contributed by atoms with Gasteiger partial charge in [0.05, 0.1) is 0 Å². The molecular weight excluding hydrogens is 269 g/mol. The van der Waals surface area contributed by atoms with Crippen molar-refractivity contribution in [3.8, 4) is 0 Å². The van der Waals surface area contributed by atoms with E-state index < -0.39 is 11.1 Å². The van der Waals surface area contributed by atoms with Gasteiger partial charge in [-0.2, -0.15) is 0 Å². The minimum Gasteiger partial charge on any atom is -0.327 e. The van der Waals surface area contributed by atoms with Crippen LogP contribution in [0.25, 0.3) is 0 Å². The van der Waals surface area contributed by atoms with Gasteiger partial charge in [-0.1, -0.05) is 54.9 Å². The van der Waals surface area contributed by atoms with Crippen LogP contribution < -0.4 is 5.73 Å². The van der Waals surface area contributed by atoms with Crippen molar-refractivity contribution in [1.82, 2.24) is 0 Å². The third kappa shape index (κ3) is 2.83. The van der Waals surface area contributed by atoms with E-state index in [2.05, 4.69) is 15.9 Å². The molecule has 1 nitrogen and oxygen atoms in total. The molecule has 0 aliphatic carbocycles. The Bertz CT molecular complexity index is 359. The van der Waals surface area contributed by atoms with E-state index in [0.717, 1.165) is 10.0 Å². The summed E-state index contributed by atoms with van der Waals surface area (Å²) in [7, 11) is 0. The number of hydrogen-bond donors (Lipinski definition) is 1. The molecule has 0 heterocycles. The highest BCUT2D eigenvalue weighted by atomic mass is 79.9. The van der Waals surface area contributed by atoms with Crippen molar-refractivity contribution < 1.29 is 4.39 Å². The molecule has 0 aromatic heterocycles.